The quantitative estimate of drug-likeness (QED) is 0.254. The maximum atomic E-state index is 12.5. The molecule has 0 spiro atoms. The number of benzene rings is 1. The van der Waals surface area contributed by atoms with Gasteiger partial charge in [-0.25, -0.2) is 14.7 Å². The van der Waals surface area contributed by atoms with Crippen LogP contribution in [0.25, 0.3) is 0 Å². The molecule has 6 N–H and O–H groups in total. The van der Waals surface area contributed by atoms with Crippen LogP contribution in [0.3, 0.4) is 0 Å². The average molecular weight is 584 g/mol. The second-order valence-corrected chi connectivity index (χ2v) is 12.9. The summed E-state index contributed by atoms with van der Waals surface area (Å²) in [4.78, 5) is 40.4. The van der Waals surface area contributed by atoms with Gasteiger partial charge in [-0.2, -0.15) is 8.42 Å². The summed E-state index contributed by atoms with van der Waals surface area (Å²) in [6.45, 7) is 7.17. The number of aliphatic hydroxyl groups is 1. The molecule has 3 rings (SSSR count). The first kappa shape index (κ1) is 31.0. The Balaban J connectivity index is 1.90. The molecule has 5 atom stereocenters. The molecule has 0 aliphatic carbocycles. The molecule has 1 saturated heterocycles. The first-order valence-corrected chi connectivity index (χ1v) is 15.1. The van der Waals surface area contributed by atoms with Crippen LogP contribution < -0.4 is 15.2 Å². The van der Waals surface area contributed by atoms with Gasteiger partial charge >= 0.3 is 5.97 Å². The smallest absolute Gasteiger partial charge is 0.353 e. The van der Waals surface area contributed by atoms with E-state index < -0.39 is 34.2 Å². The lowest BCUT2D eigenvalue weighted by Gasteiger charge is -2.28. The molecule has 14 heteroatoms. The molecule has 1 aromatic rings. The van der Waals surface area contributed by atoms with E-state index in [0.717, 1.165) is 5.56 Å². The third-order valence-corrected chi connectivity index (χ3v) is 8.99. The van der Waals surface area contributed by atoms with Gasteiger partial charge < -0.3 is 20.4 Å². The first-order valence-electron chi connectivity index (χ1n) is 12.7. The van der Waals surface area contributed by atoms with Crippen molar-refractivity contribution in [2.24, 2.45) is 11.1 Å². The number of nitrogens with two attached hydrogens (primary N) is 1. The molecule has 2 heterocycles. The van der Waals surface area contributed by atoms with E-state index >= 15 is 0 Å². The van der Waals surface area contributed by atoms with Crippen LogP contribution in [0.5, 0.6) is 0 Å². The fraction of sp³-hybridized carbons (Fsp3) is 0.560. The van der Waals surface area contributed by atoms with Crippen molar-refractivity contribution in [3.63, 3.8) is 0 Å². The van der Waals surface area contributed by atoms with Crippen molar-refractivity contribution in [1.29, 1.82) is 0 Å². The molecule has 216 valence electrons. The highest BCUT2D eigenvalue weighted by Crippen LogP contribution is 2.46. The van der Waals surface area contributed by atoms with Gasteiger partial charge in [0.05, 0.1) is 6.10 Å². The number of rotatable bonds is 11. The summed E-state index contributed by atoms with van der Waals surface area (Å²) in [5, 5.41) is 28.0. The summed E-state index contributed by atoms with van der Waals surface area (Å²) < 4.78 is 25.6. The van der Waals surface area contributed by atoms with Crippen LogP contribution in [-0.4, -0.2) is 82.7 Å². The van der Waals surface area contributed by atoms with E-state index in [1.807, 2.05) is 25.1 Å². The van der Waals surface area contributed by atoms with Crippen molar-refractivity contribution < 1.29 is 33.0 Å². The number of carbonyl (C=O) groups is 3. The van der Waals surface area contributed by atoms with Crippen molar-refractivity contribution in [3.8, 4) is 0 Å². The largest absolute Gasteiger partial charge is 0.477 e. The third kappa shape index (κ3) is 8.02. The number of carbonyl (C=O) groups excluding carboxylic acids is 2. The summed E-state index contributed by atoms with van der Waals surface area (Å²) in [6.07, 6.45) is 0.0388. The standard InChI is InChI=1S/C25H37N5O7S2/c1-14(31)9-22-15(2)24(23(25(34)35)30(22)17(4)33)38-20-10-19(11-27-39(26,36)37)29(13-20)12-18-7-5-6-8-21(18)28-16(3)32/h5-8,14-15,19-20,22,27,31H,9-13H2,1-4H3,(H,28,32)(H,34,35)(H2,26,36,37)/t14-,15-,19+,20+,22+/m1/s1. The molecule has 2 amide bonds. The van der Waals surface area contributed by atoms with Gasteiger partial charge in [0.15, 0.2) is 0 Å². The van der Waals surface area contributed by atoms with Crippen molar-refractivity contribution in [2.75, 3.05) is 18.4 Å². The highest BCUT2D eigenvalue weighted by Gasteiger charge is 2.45. The Hall–Kier alpha value is -2.49. The number of hydrogen-bond acceptors (Lipinski definition) is 8. The Labute approximate surface area is 233 Å². The Kier molecular flexibility index (Phi) is 10.2. The highest BCUT2D eigenvalue weighted by molar-refractivity contribution is 8.03. The van der Waals surface area contributed by atoms with E-state index in [0.29, 0.717) is 30.1 Å². The van der Waals surface area contributed by atoms with E-state index in [9.17, 15) is 33.0 Å². The molecule has 12 nitrogen and oxygen atoms in total. The minimum Gasteiger partial charge on any atom is -0.477 e. The zero-order valence-electron chi connectivity index (χ0n) is 22.5. The molecule has 0 unspecified atom stereocenters. The number of aliphatic hydroxyl groups excluding tert-OH is 1. The number of nitrogens with zero attached hydrogens (tertiary/aromatic N) is 2. The number of likely N-dealkylation sites (tertiary alicyclic amines) is 1. The number of nitrogens with one attached hydrogen (secondary N) is 2. The van der Waals surface area contributed by atoms with Gasteiger partial charge in [-0.1, -0.05) is 25.1 Å². The Morgan fingerprint density at radius 1 is 1.23 bits per heavy atom. The Bertz CT molecular complexity index is 1240. The minimum atomic E-state index is -3.93. The third-order valence-electron chi connectivity index (χ3n) is 6.93. The van der Waals surface area contributed by atoms with E-state index in [2.05, 4.69) is 14.9 Å². The van der Waals surface area contributed by atoms with Gasteiger partial charge in [0.1, 0.15) is 5.70 Å². The van der Waals surface area contributed by atoms with Gasteiger partial charge in [-0.3, -0.25) is 14.5 Å². The molecule has 0 aromatic heterocycles. The minimum absolute atomic E-state index is 0.0583. The molecule has 2 aliphatic rings. The van der Waals surface area contributed by atoms with Crippen LogP contribution in [-0.2, 0) is 31.1 Å². The van der Waals surface area contributed by atoms with E-state index in [4.69, 9.17) is 5.14 Å². The van der Waals surface area contributed by atoms with Gasteiger partial charge in [0, 0.05) is 67.3 Å². The zero-order chi connectivity index (χ0) is 29.1. The van der Waals surface area contributed by atoms with E-state index in [1.165, 1.54) is 30.5 Å². The SMILES string of the molecule is CC(=O)Nc1ccccc1CN1C[C@@H](SC2=C(C(=O)O)N(C(C)=O)[C@@H](C[C@@H](C)O)[C@H]2C)C[C@H]1CNS(N)(=O)=O. The summed E-state index contributed by atoms with van der Waals surface area (Å²) in [7, 11) is -3.93. The number of aliphatic carboxylic acids is 1. The van der Waals surface area contributed by atoms with Crippen molar-refractivity contribution in [3.05, 3.63) is 40.4 Å². The van der Waals surface area contributed by atoms with Crippen LogP contribution in [0.15, 0.2) is 34.9 Å². The van der Waals surface area contributed by atoms with Crippen LogP contribution >= 0.6 is 11.8 Å². The topological polar surface area (TPSA) is 182 Å². The van der Waals surface area contributed by atoms with Crippen LogP contribution in [0, 0.1) is 5.92 Å². The lowest BCUT2D eigenvalue weighted by atomic mass is 9.98. The number of para-hydroxylation sites is 1. The number of carboxylic acids is 1. The maximum Gasteiger partial charge on any atom is 0.353 e. The number of hydrogen-bond donors (Lipinski definition) is 5. The molecule has 0 bridgehead atoms. The number of carboxylic acid groups (broad SMARTS) is 1. The molecule has 0 saturated carbocycles. The number of anilines is 1. The van der Waals surface area contributed by atoms with Crippen LogP contribution in [0.1, 0.15) is 46.1 Å². The van der Waals surface area contributed by atoms with Crippen LogP contribution in [0.4, 0.5) is 5.69 Å². The van der Waals surface area contributed by atoms with Crippen molar-refractivity contribution >= 4 is 45.4 Å². The molecule has 0 radical (unpaired) electrons. The Morgan fingerprint density at radius 2 is 1.90 bits per heavy atom. The molecule has 2 aliphatic heterocycles. The summed E-state index contributed by atoms with van der Waals surface area (Å²) >= 11 is 1.38. The summed E-state index contributed by atoms with van der Waals surface area (Å²) in [5.74, 6) is -2.14. The number of thioether (sulfide) groups is 1. The van der Waals surface area contributed by atoms with Crippen LogP contribution in [0.2, 0.25) is 0 Å². The van der Waals surface area contributed by atoms with Gasteiger partial charge in [-0.05, 0) is 31.4 Å². The predicted octanol–water partition coefficient (Wildman–Crippen LogP) is 1.05. The maximum absolute atomic E-state index is 12.5. The first-order chi connectivity index (χ1) is 18.2. The van der Waals surface area contributed by atoms with Crippen molar-refractivity contribution in [1.82, 2.24) is 14.5 Å². The fourth-order valence-corrected chi connectivity index (χ4v) is 7.37. The summed E-state index contributed by atoms with van der Waals surface area (Å²) in [5.41, 5.74) is 1.43. The molecular weight excluding hydrogens is 546 g/mol. The Morgan fingerprint density at radius 3 is 2.46 bits per heavy atom. The molecule has 1 fully saturated rings. The van der Waals surface area contributed by atoms with E-state index in [1.54, 1.807) is 13.0 Å². The van der Waals surface area contributed by atoms with Crippen molar-refractivity contribution in [2.45, 2.75) is 70.5 Å². The van der Waals surface area contributed by atoms with Gasteiger partial charge in [0.25, 0.3) is 10.2 Å². The number of amides is 2. The molecular formula is C25H37N5O7S2. The van der Waals surface area contributed by atoms with Gasteiger partial charge in [0.2, 0.25) is 11.8 Å². The van der Waals surface area contributed by atoms with Gasteiger partial charge in [-0.15, -0.1) is 11.8 Å². The second-order valence-electron chi connectivity index (χ2n) is 10.1. The lowest BCUT2D eigenvalue weighted by molar-refractivity contribution is -0.140. The average Bonchev–Trinajstić information content (AvgIpc) is 3.31. The zero-order valence-corrected chi connectivity index (χ0v) is 24.1. The van der Waals surface area contributed by atoms with E-state index in [-0.39, 0.29) is 41.8 Å². The summed E-state index contributed by atoms with van der Waals surface area (Å²) in [6, 6.07) is 6.59. The highest BCUT2D eigenvalue weighted by atomic mass is 32.2. The monoisotopic (exact) mass is 583 g/mol. The fourth-order valence-electron chi connectivity index (χ4n) is 5.33. The lowest BCUT2D eigenvalue weighted by Crippen LogP contribution is -2.42. The predicted molar refractivity (Wildman–Crippen MR) is 148 cm³/mol. The normalized spacial score (nSPS) is 24.7. The second kappa shape index (κ2) is 12.8. The molecule has 39 heavy (non-hydrogen) atoms. The molecule has 1 aromatic carbocycles.